The molecule has 0 N–H and O–H groups in total. The van der Waals surface area contributed by atoms with E-state index in [0.29, 0.717) is 99.1 Å². The van der Waals surface area contributed by atoms with Gasteiger partial charge in [-0.25, -0.2) is 0 Å². The van der Waals surface area contributed by atoms with E-state index in [1.54, 1.807) is 0 Å². The molecule has 0 fully saturated rings. The number of para-hydroxylation sites is 1. The molecule has 0 unspecified atom stereocenters. The fraction of sp³-hybridized carbons (Fsp3) is 0.652. The van der Waals surface area contributed by atoms with Crippen LogP contribution in [0.25, 0.3) is 0 Å². The van der Waals surface area contributed by atoms with Crippen molar-refractivity contribution in [2.24, 2.45) is 0 Å². The van der Waals surface area contributed by atoms with Crippen molar-refractivity contribution in [3.63, 3.8) is 0 Å². The third-order valence-electron chi connectivity index (χ3n) is 3.66. The Morgan fingerprint density at radius 1 is 0.484 bits per heavy atom. The van der Waals surface area contributed by atoms with E-state index in [0.717, 1.165) is 5.75 Å². The molecule has 0 radical (unpaired) electrons. The molecule has 176 valence electrons. The van der Waals surface area contributed by atoms with Crippen LogP contribution >= 0.6 is 0 Å². The van der Waals surface area contributed by atoms with Crippen molar-refractivity contribution in [2.45, 2.75) is 0 Å². The molecule has 31 heavy (non-hydrogen) atoms. The highest BCUT2D eigenvalue weighted by Crippen LogP contribution is 2.07. The molecular formula is C23H36O8. The maximum Gasteiger partial charge on any atom is 0.119 e. The van der Waals surface area contributed by atoms with Crippen molar-refractivity contribution in [3.8, 4) is 18.1 Å². The number of hydrogen-bond donors (Lipinski definition) is 0. The molecular weight excluding hydrogens is 404 g/mol. The highest BCUT2D eigenvalue weighted by Gasteiger charge is 1.95. The minimum Gasteiger partial charge on any atom is -0.491 e. The molecule has 1 rings (SSSR count). The highest BCUT2D eigenvalue weighted by molar-refractivity contribution is 5.20. The third kappa shape index (κ3) is 20.0. The molecule has 0 aliphatic carbocycles. The van der Waals surface area contributed by atoms with Crippen molar-refractivity contribution >= 4 is 0 Å². The minimum absolute atomic E-state index is 0.314. The lowest BCUT2D eigenvalue weighted by atomic mass is 10.3. The molecule has 0 saturated carbocycles. The average Bonchev–Trinajstić information content (AvgIpc) is 2.80. The van der Waals surface area contributed by atoms with Crippen molar-refractivity contribution < 1.29 is 37.9 Å². The fourth-order valence-electron chi connectivity index (χ4n) is 2.19. The Bertz CT molecular complexity index is 520. The van der Waals surface area contributed by atoms with Crippen LogP contribution in [-0.4, -0.2) is 99.1 Å². The van der Waals surface area contributed by atoms with Crippen LogP contribution in [0.15, 0.2) is 30.3 Å². The van der Waals surface area contributed by atoms with Crippen LogP contribution in [0, 0.1) is 12.3 Å². The lowest BCUT2D eigenvalue weighted by molar-refractivity contribution is -0.0204. The summed E-state index contributed by atoms with van der Waals surface area (Å²) >= 11 is 0. The third-order valence-corrected chi connectivity index (χ3v) is 3.66. The van der Waals surface area contributed by atoms with E-state index < -0.39 is 0 Å². The van der Waals surface area contributed by atoms with Gasteiger partial charge in [-0.3, -0.25) is 0 Å². The van der Waals surface area contributed by atoms with E-state index in [9.17, 15) is 0 Å². The van der Waals surface area contributed by atoms with Crippen LogP contribution in [-0.2, 0) is 33.2 Å². The summed E-state index contributed by atoms with van der Waals surface area (Å²) in [7, 11) is 0. The molecule has 1 aromatic carbocycles. The molecule has 0 saturated heterocycles. The number of ether oxygens (including phenoxy) is 8. The molecule has 0 aliphatic rings. The lowest BCUT2D eigenvalue weighted by Crippen LogP contribution is -2.15. The molecule has 0 aliphatic heterocycles. The lowest BCUT2D eigenvalue weighted by Gasteiger charge is -2.09. The summed E-state index contributed by atoms with van der Waals surface area (Å²) in [5.41, 5.74) is 0. The first kappa shape index (κ1) is 27.3. The normalized spacial score (nSPS) is 10.8. The van der Waals surface area contributed by atoms with Crippen molar-refractivity contribution in [3.05, 3.63) is 30.3 Å². The van der Waals surface area contributed by atoms with E-state index in [1.165, 1.54) is 0 Å². The Morgan fingerprint density at radius 3 is 1.23 bits per heavy atom. The van der Waals surface area contributed by atoms with Gasteiger partial charge in [0.1, 0.15) is 19.0 Å². The molecule has 8 heteroatoms. The minimum atomic E-state index is 0.314. The summed E-state index contributed by atoms with van der Waals surface area (Å²) in [6.45, 7) is 7.65. The quantitative estimate of drug-likeness (QED) is 0.188. The van der Waals surface area contributed by atoms with E-state index in [-0.39, 0.29) is 0 Å². The molecule has 0 aromatic heterocycles. The molecule has 1 aromatic rings. The summed E-state index contributed by atoms with van der Waals surface area (Å²) in [5, 5.41) is 0. The molecule has 0 amide bonds. The Labute approximate surface area is 186 Å². The van der Waals surface area contributed by atoms with Gasteiger partial charge < -0.3 is 37.9 Å². The first-order valence-corrected chi connectivity index (χ1v) is 10.6. The van der Waals surface area contributed by atoms with Gasteiger partial charge >= 0.3 is 0 Å². The molecule has 0 heterocycles. The zero-order valence-electron chi connectivity index (χ0n) is 18.3. The van der Waals surface area contributed by atoms with E-state index in [2.05, 4.69) is 5.92 Å². The molecule has 0 atom stereocenters. The Morgan fingerprint density at radius 2 is 0.839 bits per heavy atom. The van der Waals surface area contributed by atoms with Crippen LogP contribution in [0.1, 0.15) is 0 Å². The van der Waals surface area contributed by atoms with Crippen molar-refractivity contribution in [2.75, 3.05) is 99.1 Å². The summed E-state index contributed by atoms with van der Waals surface area (Å²) in [4.78, 5) is 0. The van der Waals surface area contributed by atoms with Gasteiger partial charge in [-0.05, 0) is 12.1 Å². The average molecular weight is 441 g/mol. The van der Waals surface area contributed by atoms with E-state index in [1.807, 2.05) is 30.3 Å². The highest BCUT2D eigenvalue weighted by atomic mass is 16.6. The second-order valence-corrected chi connectivity index (χ2v) is 6.09. The predicted octanol–water partition coefficient (Wildman–Crippen LogP) is 1.81. The van der Waals surface area contributed by atoms with Gasteiger partial charge in [-0.2, -0.15) is 0 Å². The standard InChI is InChI=1S/C23H36O8/c1-2-8-24-9-10-25-11-12-26-13-14-27-15-16-28-17-18-29-19-20-30-21-22-31-23-6-4-3-5-7-23/h1,3-7H,8-22H2. The number of benzene rings is 1. The van der Waals surface area contributed by atoms with E-state index >= 15 is 0 Å². The predicted molar refractivity (Wildman–Crippen MR) is 117 cm³/mol. The fourth-order valence-corrected chi connectivity index (χ4v) is 2.19. The summed E-state index contributed by atoms with van der Waals surface area (Å²) in [5.74, 6) is 3.24. The SMILES string of the molecule is C#CCOCCOCCOCCOCCOCCOCCOCCOc1ccccc1. The zero-order valence-corrected chi connectivity index (χ0v) is 18.3. The topological polar surface area (TPSA) is 73.8 Å². The summed E-state index contributed by atoms with van der Waals surface area (Å²) < 4.78 is 43.0. The van der Waals surface area contributed by atoms with Gasteiger partial charge in [0.15, 0.2) is 0 Å². The zero-order chi connectivity index (χ0) is 22.1. The van der Waals surface area contributed by atoms with Gasteiger partial charge in [0.2, 0.25) is 0 Å². The van der Waals surface area contributed by atoms with Gasteiger partial charge in [0, 0.05) is 0 Å². The largest absolute Gasteiger partial charge is 0.491 e. The Balaban J connectivity index is 1.65. The van der Waals surface area contributed by atoms with Gasteiger partial charge in [0.25, 0.3) is 0 Å². The van der Waals surface area contributed by atoms with E-state index in [4.69, 9.17) is 44.3 Å². The molecule has 0 spiro atoms. The van der Waals surface area contributed by atoms with Crippen LogP contribution in [0.2, 0.25) is 0 Å². The first-order valence-electron chi connectivity index (χ1n) is 10.6. The van der Waals surface area contributed by atoms with Crippen LogP contribution in [0.5, 0.6) is 5.75 Å². The van der Waals surface area contributed by atoms with Crippen LogP contribution < -0.4 is 4.74 Å². The summed E-state index contributed by atoms with van der Waals surface area (Å²) in [6.07, 6.45) is 5.06. The van der Waals surface area contributed by atoms with Crippen molar-refractivity contribution in [1.29, 1.82) is 0 Å². The van der Waals surface area contributed by atoms with Gasteiger partial charge in [0.05, 0.1) is 85.9 Å². The molecule has 0 bridgehead atoms. The Kier molecular flexibility index (Phi) is 20.3. The first-order chi connectivity index (χ1) is 15.4. The number of terminal acetylenes is 1. The van der Waals surface area contributed by atoms with Crippen LogP contribution in [0.3, 0.4) is 0 Å². The van der Waals surface area contributed by atoms with Gasteiger partial charge in [-0.15, -0.1) is 6.42 Å². The Hall–Kier alpha value is -1.70. The number of rotatable bonds is 23. The molecule has 8 nitrogen and oxygen atoms in total. The smallest absolute Gasteiger partial charge is 0.119 e. The van der Waals surface area contributed by atoms with Crippen LogP contribution in [0.4, 0.5) is 0 Å². The monoisotopic (exact) mass is 440 g/mol. The maximum absolute atomic E-state index is 5.53. The second-order valence-electron chi connectivity index (χ2n) is 6.09. The number of hydrogen-bond acceptors (Lipinski definition) is 8. The summed E-state index contributed by atoms with van der Waals surface area (Å²) in [6, 6.07) is 9.67. The van der Waals surface area contributed by atoms with Gasteiger partial charge in [-0.1, -0.05) is 24.1 Å². The van der Waals surface area contributed by atoms with Crippen molar-refractivity contribution in [1.82, 2.24) is 0 Å². The maximum atomic E-state index is 5.53. The second kappa shape index (κ2) is 23.0.